The minimum Gasteiger partial charge on any atom is -0.341 e. The Morgan fingerprint density at radius 1 is 0.933 bits per heavy atom. The number of amides is 1. The molecule has 0 spiro atoms. The molecule has 0 unspecified atom stereocenters. The van der Waals surface area contributed by atoms with Crippen molar-refractivity contribution in [1.29, 1.82) is 0 Å². The Kier molecular flexibility index (Phi) is 3.84. The molecule has 6 nitrogen and oxygen atoms in total. The summed E-state index contributed by atoms with van der Waals surface area (Å²) in [5, 5.41) is 7.97. The molecular formula is C24H21N5O. The number of carbonyl (C=O) groups is 1. The summed E-state index contributed by atoms with van der Waals surface area (Å²) in [6.45, 7) is 2.02. The number of hydrogen-bond donors (Lipinski definition) is 1. The third-order valence-corrected chi connectivity index (χ3v) is 5.99. The zero-order valence-electron chi connectivity index (χ0n) is 16.5. The van der Waals surface area contributed by atoms with E-state index in [1.807, 2.05) is 41.0 Å². The SMILES string of the molecule is O=C1Cc2cc(-c3c(-c4ccccc4)nn4c(N5CCCC5)nccc34)ccc2N1. The van der Waals surface area contributed by atoms with Crippen LogP contribution in [-0.4, -0.2) is 33.6 Å². The maximum absolute atomic E-state index is 11.8. The fourth-order valence-electron chi connectivity index (χ4n) is 4.57. The van der Waals surface area contributed by atoms with Crippen molar-refractivity contribution in [1.82, 2.24) is 14.6 Å². The molecule has 0 atom stereocenters. The second kappa shape index (κ2) is 6.69. The molecule has 4 aromatic rings. The molecule has 1 amide bonds. The molecule has 2 aromatic carbocycles. The lowest BCUT2D eigenvalue weighted by atomic mass is 9.97. The first-order valence-electron chi connectivity index (χ1n) is 10.4. The quantitative estimate of drug-likeness (QED) is 0.566. The first-order chi connectivity index (χ1) is 14.8. The highest BCUT2D eigenvalue weighted by Gasteiger charge is 2.24. The molecule has 2 aliphatic heterocycles. The van der Waals surface area contributed by atoms with Gasteiger partial charge in [-0.05, 0) is 42.2 Å². The molecule has 0 bridgehead atoms. The fourth-order valence-corrected chi connectivity index (χ4v) is 4.57. The molecule has 1 saturated heterocycles. The molecule has 148 valence electrons. The standard InChI is InChI=1S/C24H21N5O/c30-21-15-18-14-17(8-9-19(18)26-21)22-20-10-11-25-24(28-12-4-5-13-28)29(20)27-23(22)16-6-2-1-3-7-16/h1-3,6-11,14H,4-5,12-13,15H2,(H,26,30). The lowest BCUT2D eigenvalue weighted by Crippen LogP contribution is -2.22. The van der Waals surface area contributed by atoms with E-state index in [1.54, 1.807) is 0 Å². The zero-order valence-corrected chi connectivity index (χ0v) is 16.5. The van der Waals surface area contributed by atoms with Gasteiger partial charge in [-0.1, -0.05) is 36.4 Å². The van der Waals surface area contributed by atoms with Crippen molar-refractivity contribution < 1.29 is 4.79 Å². The number of rotatable bonds is 3. The van der Waals surface area contributed by atoms with Crippen LogP contribution in [0.5, 0.6) is 0 Å². The number of nitrogens with one attached hydrogen (secondary N) is 1. The van der Waals surface area contributed by atoms with Gasteiger partial charge in [-0.15, -0.1) is 0 Å². The van der Waals surface area contributed by atoms with Crippen molar-refractivity contribution in [2.45, 2.75) is 19.3 Å². The fraction of sp³-hybridized carbons (Fsp3) is 0.208. The van der Waals surface area contributed by atoms with Crippen LogP contribution >= 0.6 is 0 Å². The highest BCUT2D eigenvalue weighted by Crippen LogP contribution is 2.38. The third kappa shape index (κ3) is 2.68. The molecule has 30 heavy (non-hydrogen) atoms. The van der Waals surface area contributed by atoms with Crippen LogP contribution in [0.3, 0.4) is 0 Å². The van der Waals surface area contributed by atoms with E-state index in [0.717, 1.165) is 58.2 Å². The van der Waals surface area contributed by atoms with Gasteiger partial charge in [0.2, 0.25) is 11.9 Å². The van der Waals surface area contributed by atoms with Crippen LogP contribution in [0.15, 0.2) is 60.8 Å². The van der Waals surface area contributed by atoms with Gasteiger partial charge in [-0.2, -0.15) is 9.61 Å². The van der Waals surface area contributed by atoms with Gasteiger partial charge in [-0.3, -0.25) is 4.79 Å². The summed E-state index contributed by atoms with van der Waals surface area (Å²) in [6.07, 6.45) is 4.66. The first-order valence-corrected chi connectivity index (χ1v) is 10.4. The van der Waals surface area contributed by atoms with Crippen LogP contribution in [0.4, 0.5) is 11.6 Å². The van der Waals surface area contributed by atoms with Crippen LogP contribution in [0, 0.1) is 0 Å². The van der Waals surface area contributed by atoms with Gasteiger partial charge in [0.05, 0.1) is 11.9 Å². The van der Waals surface area contributed by atoms with E-state index >= 15 is 0 Å². The van der Waals surface area contributed by atoms with Crippen molar-refractivity contribution in [2.24, 2.45) is 0 Å². The summed E-state index contributed by atoms with van der Waals surface area (Å²) in [5.41, 5.74) is 7.11. The van der Waals surface area contributed by atoms with E-state index in [-0.39, 0.29) is 5.91 Å². The number of benzene rings is 2. The number of hydrogen-bond acceptors (Lipinski definition) is 4. The highest BCUT2D eigenvalue weighted by molar-refractivity contribution is 6.01. The van der Waals surface area contributed by atoms with Gasteiger partial charge in [-0.25, -0.2) is 4.98 Å². The molecule has 6 rings (SSSR count). The number of nitrogens with zero attached hydrogens (tertiary/aromatic N) is 4. The monoisotopic (exact) mass is 395 g/mol. The van der Waals surface area contributed by atoms with Crippen molar-refractivity contribution in [2.75, 3.05) is 23.3 Å². The van der Waals surface area contributed by atoms with Gasteiger partial charge in [0.1, 0.15) is 5.69 Å². The van der Waals surface area contributed by atoms with Crippen molar-refractivity contribution in [3.63, 3.8) is 0 Å². The van der Waals surface area contributed by atoms with Crippen LogP contribution in [0.25, 0.3) is 27.9 Å². The number of carbonyl (C=O) groups excluding carboxylic acids is 1. The third-order valence-electron chi connectivity index (χ3n) is 5.99. The average Bonchev–Trinajstić information content (AvgIpc) is 3.51. The molecule has 0 saturated carbocycles. The molecule has 1 fully saturated rings. The average molecular weight is 395 g/mol. The Morgan fingerprint density at radius 3 is 2.60 bits per heavy atom. The second-order valence-electron chi connectivity index (χ2n) is 7.92. The molecular weight excluding hydrogens is 374 g/mol. The topological polar surface area (TPSA) is 62.5 Å². The number of anilines is 2. The van der Waals surface area contributed by atoms with Crippen LogP contribution in [0.2, 0.25) is 0 Å². The zero-order chi connectivity index (χ0) is 20.1. The summed E-state index contributed by atoms with van der Waals surface area (Å²) in [7, 11) is 0. The van der Waals surface area contributed by atoms with E-state index < -0.39 is 0 Å². The van der Waals surface area contributed by atoms with E-state index in [9.17, 15) is 4.79 Å². The highest BCUT2D eigenvalue weighted by atomic mass is 16.1. The maximum atomic E-state index is 11.8. The van der Waals surface area contributed by atoms with E-state index in [4.69, 9.17) is 5.10 Å². The van der Waals surface area contributed by atoms with Gasteiger partial charge >= 0.3 is 0 Å². The minimum atomic E-state index is 0.0471. The molecule has 0 radical (unpaired) electrons. The molecule has 0 aliphatic carbocycles. The molecule has 2 aromatic heterocycles. The maximum Gasteiger partial charge on any atom is 0.228 e. The van der Waals surface area contributed by atoms with Crippen LogP contribution in [-0.2, 0) is 11.2 Å². The normalized spacial score (nSPS) is 15.6. The second-order valence-corrected chi connectivity index (χ2v) is 7.92. The summed E-state index contributed by atoms with van der Waals surface area (Å²) in [5.74, 6) is 0.942. The first kappa shape index (κ1) is 17.2. The predicted molar refractivity (Wildman–Crippen MR) is 118 cm³/mol. The van der Waals surface area contributed by atoms with Gasteiger partial charge in [0.25, 0.3) is 0 Å². The molecule has 6 heteroatoms. The van der Waals surface area contributed by atoms with Crippen molar-refractivity contribution in [3.8, 4) is 22.4 Å². The molecule has 2 aliphatic rings. The van der Waals surface area contributed by atoms with Gasteiger partial charge in [0, 0.05) is 36.1 Å². The smallest absolute Gasteiger partial charge is 0.228 e. The Morgan fingerprint density at radius 2 is 1.77 bits per heavy atom. The van der Waals surface area contributed by atoms with Crippen molar-refractivity contribution >= 4 is 23.1 Å². The Balaban J connectivity index is 1.61. The lowest BCUT2D eigenvalue weighted by Gasteiger charge is -2.16. The minimum absolute atomic E-state index is 0.0471. The van der Waals surface area contributed by atoms with Gasteiger partial charge < -0.3 is 10.2 Å². The van der Waals surface area contributed by atoms with E-state index in [2.05, 4.69) is 39.5 Å². The summed E-state index contributed by atoms with van der Waals surface area (Å²) >= 11 is 0. The molecule has 4 heterocycles. The van der Waals surface area contributed by atoms with Gasteiger partial charge in [0.15, 0.2) is 0 Å². The Labute approximate surface area is 174 Å². The largest absolute Gasteiger partial charge is 0.341 e. The summed E-state index contributed by atoms with van der Waals surface area (Å²) in [6, 6.07) is 18.5. The van der Waals surface area contributed by atoms with E-state index in [1.165, 1.54) is 12.8 Å². The van der Waals surface area contributed by atoms with Crippen molar-refractivity contribution in [3.05, 3.63) is 66.4 Å². The number of fused-ring (bicyclic) bond motifs is 2. The number of aromatic nitrogens is 3. The Bertz CT molecular complexity index is 1270. The summed E-state index contributed by atoms with van der Waals surface area (Å²) < 4.78 is 1.99. The van der Waals surface area contributed by atoms with Crippen LogP contribution in [0.1, 0.15) is 18.4 Å². The van der Waals surface area contributed by atoms with Crippen LogP contribution < -0.4 is 10.2 Å². The predicted octanol–water partition coefficient (Wildman–Crippen LogP) is 4.16. The Hall–Kier alpha value is -3.67. The van der Waals surface area contributed by atoms with E-state index in [0.29, 0.717) is 6.42 Å². The lowest BCUT2D eigenvalue weighted by molar-refractivity contribution is -0.115. The molecule has 1 N–H and O–H groups in total. The summed E-state index contributed by atoms with van der Waals surface area (Å²) in [4.78, 5) is 18.8.